The minimum atomic E-state index is -0.163. The fraction of sp³-hybridized carbons (Fsp3) is 0.312. The Bertz CT molecular complexity index is 740. The zero-order valence-corrected chi connectivity index (χ0v) is 11.6. The molecule has 5 heteroatoms. The van der Waals surface area contributed by atoms with Gasteiger partial charge in [-0.3, -0.25) is 4.79 Å². The number of rotatable bonds is 5. The van der Waals surface area contributed by atoms with Crippen molar-refractivity contribution in [3.05, 3.63) is 58.0 Å². The van der Waals surface area contributed by atoms with Crippen LogP contribution in [0.15, 0.2) is 41.3 Å². The van der Waals surface area contributed by atoms with Gasteiger partial charge in [-0.2, -0.15) is 10.4 Å². The van der Waals surface area contributed by atoms with E-state index in [-0.39, 0.29) is 5.56 Å². The molecule has 1 saturated carbocycles. The molecule has 3 rings (SSSR count). The minimum Gasteiger partial charge on any atom is -0.383 e. The van der Waals surface area contributed by atoms with Crippen molar-refractivity contribution < 1.29 is 0 Å². The van der Waals surface area contributed by atoms with Crippen LogP contribution in [-0.2, 0) is 6.54 Å². The molecule has 0 spiro atoms. The monoisotopic (exact) mass is 280 g/mol. The second kappa shape index (κ2) is 5.80. The van der Waals surface area contributed by atoms with Gasteiger partial charge in [-0.15, -0.1) is 0 Å². The SMILES string of the molecule is N#Cc1ccccc1Cn1ncc(NCC2CC2)cc1=O. The molecule has 5 nitrogen and oxygen atoms in total. The summed E-state index contributed by atoms with van der Waals surface area (Å²) in [5, 5.41) is 16.5. The Morgan fingerprint density at radius 3 is 2.90 bits per heavy atom. The third-order valence-corrected chi connectivity index (χ3v) is 3.62. The standard InChI is InChI=1S/C16H16N4O/c17-8-13-3-1-2-4-14(13)11-20-16(21)7-15(10-19-20)18-9-12-5-6-12/h1-4,7,10,12,18H,5-6,9,11H2. The van der Waals surface area contributed by atoms with Crippen LogP contribution in [0.2, 0.25) is 0 Å². The molecule has 21 heavy (non-hydrogen) atoms. The highest BCUT2D eigenvalue weighted by atomic mass is 16.1. The quantitative estimate of drug-likeness (QED) is 0.909. The predicted octanol–water partition coefficient (Wildman–Crippen LogP) is 1.99. The smallest absolute Gasteiger partial charge is 0.269 e. The van der Waals surface area contributed by atoms with E-state index in [1.807, 2.05) is 18.2 Å². The first-order valence-electron chi connectivity index (χ1n) is 7.05. The topological polar surface area (TPSA) is 70.7 Å². The number of nitrogens with one attached hydrogen (secondary N) is 1. The van der Waals surface area contributed by atoms with Crippen LogP contribution in [0.25, 0.3) is 0 Å². The summed E-state index contributed by atoms with van der Waals surface area (Å²) in [5.41, 5.74) is 1.97. The van der Waals surface area contributed by atoms with Gasteiger partial charge in [0.2, 0.25) is 0 Å². The summed E-state index contributed by atoms with van der Waals surface area (Å²) in [6, 6.07) is 10.9. The maximum absolute atomic E-state index is 12.1. The molecule has 0 amide bonds. The Morgan fingerprint density at radius 1 is 1.38 bits per heavy atom. The van der Waals surface area contributed by atoms with Crippen LogP contribution in [-0.4, -0.2) is 16.3 Å². The van der Waals surface area contributed by atoms with Crippen LogP contribution in [0.4, 0.5) is 5.69 Å². The van der Waals surface area contributed by atoms with E-state index >= 15 is 0 Å². The first-order chi connectivity index (χ1) is 10.3. The maximum Gasteiger partial charge on any atom is 0.269 e. The number of nitriles is 1. The van der Waals surface area contributed by atoms with Gasteiger partial charge in [-0.1, -0.05) is 18.2 Å². The minimum absolute atomic E-state index is 0.163. The summed E-state index contributed by atoms with van der Waals surface area (Å²) >= 11 is 0. The molecular formula is C16H16N4O. The summed E-state index contributed by atoms with van der Waals surface area (Å²) in [5.74, 6) is 0.745. The number of nitrogens with zero attached hydrogens (tertiary/aromatic N) is 3. The van der Waals surface area contributed by atoms with Crippen molar-refractivity contribution in [1.82, 2.24) is 9.78 Å². The number of benzene rings is 1. The highest BCUT2D eigenvalue weighted by Crippen LogP contribution is 2.28. The van der Waals surface area contributed by atoms with Crippen molar-refractivity contribution in [2.24, 2.45) is 5.92 Å². The van der Waals surface area contributed by atoms with Gasteiger partial charge in [0, 0.05) is 12.6 Å². The second-order valence-corrected chi connectivity index (χ2v) is 5.33. The van der Waals surface area contributed by atoms with Crippen LogP contribution in [0.5, 0.6) is 0 Å². The first kappa shape index (κ1) is 13.4. The van der Waals surface area contributed by atoms with Gasteiger partial charge in [0.25, 0.3) is 5.56 Å². The average molecular weight is 280 g/mol. The molecule has 1 fully saturated rings. The molecule has 1 aromatic heterocycles. The van der Waals surface area contributed by atoms with Crippen LogP contribution < -0.4 is 10.9 Å². The summed E-state index contributed by atoms with van der Waals surface area (Å²) in [4.78, 5) is 12.1. The third kappa shape index (κ3) is 3.29. The first-order valence-corrected chi connectivity index (χ1v) is 7.05. The molecule has 1 N–H and O–H groups in total. The number of hydrogen-bond donors (Lipinski definition) is 1. The second-order valence-electron chi connectivity index (χ2n) is 5.33. The van der Waals surface area contributed by atoms with Gasteiger partial charge in [0.1, 0.15) is 0 Å². The third-order valence-electron chi connectivity index (χ3n) is 3.62. The fourth-order valence-electron chi connectivity index (χ4n) is 2.16. The predicted molar refractivity (Wildman–Crippen MR) is 80.0 cm³/mol. The van der Waals surface area contributed by atoms with Crippen molar-refractivity contribution in [3.63, 3.8) is 0 Å². The molecule has 2 aromatic rings. The molecule has 0 atom stereocenters. The molecule has 106 valence electrons. The summed E-state index contributed by atoms with van der Waals surface area (Å²) in [6.07, 6.45) is 4.20. The number of hydrogen-bond acceptors (Lipinski definition) is 4. The average Bonchev–Trinajstić information content (AvgIpc) is 3.32. The van der Waals surface area contributed by atoms with Crippen molar-refractivity contribution in [2.45, 2.75) is 19.4 Å². The van der Waals surface area contributed by atoms with Crippen LogP contribution in [0.3, 0.4) is 0 Å². The van der Waals surface area contributed by atoms with Crippen molar-refractivity contribution >= 4 is 5.69 Å². The van der Waals surface area contributed by atoms with E-state index in [1.165, 1.54) is 17.5 Å². The Labute approximate surface area is 122 Å². The lowest BCUT2D eigenvalue weighted by atomic mass is 10.1. The van der Waals surface area contributed by atoms with E-state index < -0.39 is 0 Å². The van der Waals surface area contributed by atoms with Crippen molar-refractivity contribution in [2.75, 3.05) is 11.9 Å². The lowest BCUT2D eigenvalue weighted by molar-refractivity contribution is 0.638. The molecule has 0 bridgehead atoms. The molecule has 1 aliphatic carbocycles. The van der Waals surface area contributed by atoms with E-state index in [2.05, 4.69) is 16.5 Å². The molecular weight excluding hydrogens is 264 g/mol. The number of aromatic nitrogens is 2. The Kier molecular flexibility index (Phi) is 3.69. The van der Waals surface area contributed by atoms with E-state index in [9.17, 15) is 4.79 Å². The molecule has 1 heterocycles. The normalized spacial score (nSPS) is 13.7. The Hall–Kier alpha value is -2.61. The van der Waals surface area contributed by atoms with Gasteiger partial charge in [0.05, 0.1) is 30.1 Å². The van der Waals surface area contributed by atoms with E-state index in [4.69, 9.17) is 5.26 Å². The molecule has 1 aliphatic rings. The van der Waals surface area contributed by atoms with E-state index in [1.54, 1.807) is 18.3 Å². The fourth-order valence-corrected chi connectivity index (χ4v) is 2.16. The Balaban J connectivity index is 1.76. The summed E-state index contributed by atoms with van der Waals surface area (Å²) in [7, 11) is 0. The summed E-state index contributed by atoms with van der Waals surface area (Å²) in [6.45, 7) is 1.22. The van der Waals surface area contributed by atoms with E-state index in [0.717, 1.165) is 23.7 Å². The molecule has 1 aromatic carbocycles. The molecule has 0 radical (unpaired) electrons. The lowest BCUT2D eigenvalue weighted by Crippen LogP contribution is -2.23. The van der Waals surface area contributed by atoms with Crippen LogP contribution in [0, 0.1) is 17.2 Å². The zero-order valence-electron chi connectivity index (χ0n) is 11.6. The largest absolute Gasteiger partial charge is 0.383 e. The van der Waals surface area contributed by atoms with Crippen molar-refractivity contribution in [1.29, 1.82) is 5.26 Å². The lowest BCUT2D eigenvalue weighted by Gasteiger charge is -2.08. The molecule has 0 saturated heterocycles. The number of anilines is 1. The van der Waals surface area contributed by atoms with Crippen LogP contribution in [0.1, 0.15) is 24.0 Å². The highest BCUT2D eigenvalue weighted by molar-refractivity contribution is 5.40. The van der Waals surface area contributed by atoms with Gasteiger partial charge in [0.15, 0.2) is 0 Å². The van der Waals surface area contributed by atoms with Crippen LogP contribution >= 0.6 is 0 Å². The van der Waals surface area contributed by atoms with Gasteiger partial charge in [-0.25, -0.2) is 4.68 Å². The van der Waals surface area contributed by atoms with Crippen molar-refractivity contribution in [3.8, 4) is 6.07 Å². The summed E-state index contributed by atoms with van der Waals surface area (Å²) < 4.78 is 1.37. The molecule has 0 unspecified atom stereocenters. The zero-order chi connectivity index (χ0) is 14.7. The van der Waals surface area contributed by atoms with Gasteiger partial charge in [-0.05, 0) is 30.4 Å². The molecule has 0 aliphatic heterocycles. The van der Waals surface area contributed by atoms with E-state index in [0.29, 0.717) is 12.1 Å². The van der Waals surface area contributed by atoms with Gasteiger partial charge >= 0.3 is 0 Å². The highest BCUT2D eigenvalue weighted by Gasteiger charge is 2.20. The van der Waals surface area contributed by atoms with Gasteiger partial charge < -0.3 is 5.32 Å². The Morgan fingerprint density at radius 2 is 2.19 bits per heavy atom. The maximum atomic E-state index is 12.1.